The van der Waals surface area contributed by atoms with Crippen molar-refractivity contribution in [1.29, 1.82) is 0 Å². The Morgan fingerprint density at radius 3 is 3.00 bits per heavy atom. The Labute approximate surface area is 113 Å². The number of cyclic esters (lactones) is 1. The van der Waals surface area contributed by atoms with Crippen LogP contribution < -0.4 is 10.6 Å². The lowest BCUT2D eigenvalue weighted by atomic mass is 10.2. The van der Waals surface area contributed by atoms with E-state index in [4.69, 9.17) is 17.0 Å². The summed E-state index contributed by atoms with van der Waals surface area (Å²) >= 11 is 8.50. The van der Waals surface area contributed by atoms with Gasteiger partial charge in [-0.1, -0.05) is 22.0 Å². The van der Waals surface area contributed by atoms with Crippen LogP contribution >= 0.6 is 28.1 Å². The molecule has 0 spiro atoms. The molecule has 1 aromatic carbocycles. The van der Waals surface area contributed by atoms with Crippen molar-refractivity contribution in [3.05, 3.63) is 28.7 Å². The molecule has 0 amide bonds. The molecule has 1 atom stereocenters. The summed E-state index contributed by atoms with van der Waals surface area (Å²) in [5.41, 5.74) is 0.864. The van der Waals surface area contributed by atoms with Crippen LogP contribution in [0, 0.1) is 0 Å². The molecular formula is C11H11BrN2O2S. The molecule has 0 radical (unpaired) electrons. The molecule has 0 aliphatic carbocycles. The molecule has 1 aromatic rings. The van der Waals surface area contributed by atoms with Crippen LogP contribution in [-0.4, -0.2) is 23.7 Å². The number of carbonyl (C=O) groups excluding carboxylic acids is 1. The first kappa shape index (κ1) is 12.3. The van der Waals surface area contributed by atoms with Gasteiger partial charge in [-0.2, -0.15) is 0 Å². The third kappa shape index (κ3) is 3.41. The minimum Gasteiger partial charge on any atom is -0.464 e. The molecule has 2 N–H and O–H groups in total. The third-order valence-electron chi connectivity index (χ3n) is 2.32. The molecule has 1 aliphatic heterocycles. The Balaban J connectivity index is 1.91. The molecule has 0 bridgehead atoms. The number of hydrogen-bond acceptors (Lipinski definition) is 3. The third-order valence-corrected chi connectivity index (χ3v) is 3.04. The molecule has 0 aromatic heterocycles. The zero-order chi connectivity index (χ0) is 12.3. The zero-order valence-electron chi connectivity index (χ0n) is 8.90. The van der Waals surface area contributed by atoms with Crippen LogP contribution in [0.5, 0.6) is 0 Å². The van der Waals surface area contributed by atoms with Crippen LogP contribution in [0.4, 0.5) is 5.69 Å². The monoisotopic (exact) mass is 314 g/mol. The second kappa shape index (κ2) is 5.46. The van der Waals surface area contributed by atoms with Gasteiger partial charge in [0.05, 0.1) is 6.61 Å². The first-order valence-electron chi connectivity index (χ1n) is 5.15. The van der Waals surface area contributed by atoms with E-state index in [0.29, 0.717) is 18.1 Å². The first-order chi connectivity index (χ1) is 8.15. The number of thiocarbonyl (C=S) groups is 1. The molecule has 6 heteroatoms. The van der Waals surface area contributed by atoms with Gasteiger partial charge in [-0.05, 0) is 30.4 Å². The second-order valence-electron chi connectivity index (χ2n) is 3.62. The quantitative estimate of drug-likeness (QED) is 0.646. The number of carbonyl (C=O) groups is 1. The van der Waals surface area contributed by atoms with Gasteiger partial charge in [0.25, 0.3) is 0 Å². The van der Waals surface area contributed by atoms with Gasteiger partial charge in [0, 0.05) is 16.6 Å². The lowest BCUT2D eigenvalue weighted by molar-refractivity contribution is -0.139. The summed E-state index contributed by atoms with van der Waals surface area (Å²) in [6, 6.07) is 7.30. The molecule has 4 nitrogen and oxygen atoms in total. The summed E-state index contributed by atoms with van der Waals surface area (Å²) in [6.45, 7) is 0.454. The van der Waals surface area contributed by atoms with Crippen molar-refractivity contribution >= 4 is 44.9 Å². The molecule has 0 unspecified atom stereocenters. The van der Waals surface area contributed by atoms with Crippen molar-refractivity contribution in [1.82, 2.24) is 5.32 Å². The van der Waals surface area contributed by atoms with E-state index < -0.39 is 0 Å². The van der Waals surface area contributed by atoms with Crippen molar-refractivity contribution in [2.45, 2.75) is 12.5 Å². The molecule has 0 saturated carbocycles. The van der Waals surface area contributed by atoms with E-state index in [1.54, 1.807) is 0 Å². The summed E-state index contributed by atoms with van der Waals surface area (Å²) in [7, 11) is 0. The van der Waals surface area contributed by atoms with Gasteiger partial charge in [-0.15, -0.1) is 0 Å². The Kier molecular flexibility index (Phi) is 3.96. The molecule has 1 heterocycles. The van der Waals surface area contributed by atoms with E-state index >= 15 is 0 Å². The largest absolute Gasteiger partial charge is 0.464 e. The summed E-state index contributed by atoms with van der Waals surface area (Å²) in [6.07, 6.45) is 0.652. The van der Waals surface area contributed by atoms with Crippen molar-refractivity contribution in [3.8, 4) is 0 Å². The Hall–Kier alpha value is -1.14. The average molecular weight is 315 g/mol. The summed E-state index contributed by atoms with van der Waals surface area (Å²) in [4.78, 5) is 11.2. The van der Waals surface area contributed by atoms with Crippen molar-refractivity contribution in [2.24, 2.45) is 0 Å². The fraction of sp³-hybridized carbons (Fsp3) is 0.273. The topological polar surface area (TPSA) is 50.4 Å². The predicted molar refractivity (Wildman–Crippen MR) is 72.9 cm³/mol. The number of halogens is 1. The molecule has 1 aliphatic rings. The first-order valence-corrected chi connectivity index (χ1v) is 6.35. The predicted octanol–water partition coefficient (Wildman–Crippen LogP) is 2.05. The minimum atomic E-state index is -0.331. The second-order valence-corrected chi connectivity index (χ2v) is 4.94. The highest BCUT2D eigenvalue weighted by molar-refractivity contribution is 9.10. The fourth-order valence-electron chi connectivity index (χ4n) is 1.52. The smallest absolute Gasteiger partial charge is 0.328 e. The Morgan fingerprint density at radius 1 is 1.53 bits per heavy atom. The summed E-state index contributed by atoms with van der Waals surface area (Å²) < 4.78 is 5.80. The highest BCUT2D eigenvalue weighted by atomic mass is 79.9. The van der Waals surface area contributed by atoms with Gasteiger partial charge in [0.1, 0.15) is 6.04 Å². The van der Waals surface area contributed by atoms with Crippen LogP contribution in [0.15, 0.2) is 28.7 Å². The van der Waals surface area contributed by atoms with Crippen LogP contribution in [0.2, 0.25) is 0 Å². The molecular weight excluding hydrogens is 304 g/mol. The minimum absolute atomic E-state index is 0.247. The fourth-order valence-corrected chi connectivity index (χ4v) is 2.18. The molecule has 17 heavy (non-hydrogen) atoms. The Bertz CT molecular complexity index is 453. The van der Waals surface area contributed by atoms with E-state index in [1.165, 1.54) is 0 Å². The van der Waals surface area contributed by atoms with E-state index in [1.807, 2.05) is 24.3 Å². The average Bonchev–Trinajstić information content (AvgIpc) is 2.64. The molecule has 1 saturated heterocycles. The van der Waals surface area contributed by atoms with E-state index in [9.17, 15) is 4.79 Å². The number of anilines is 1. The number of rotatable bonds is 2. The normalized spacial score (nSPS) is 18.6. The summed E-state index contributed by atoms with van der Waals surface area (Å²) in [5, 5.41) is 6.36. The van der Waals surface area contributed by atoms with Crippen molar-refractivity contribution in [3.63, 3.8) is 0 Å². The maximum absolute atomic E-state index is 11.2. The lowest BCUT2D eigenvalue weighted by Gasteiger charge is -2.13. The van der Waals surface area contributed by atoms with Crippen LogP contribution in [0.25, 0.3) is 0 Å². The lowest BCUT2D eigenvalue weighted by Crippen LogP contribution is -2.40. The van der Waals surface area contributed by atoms with Gasteiger partial charge < -0.3 is 15.4 Å². The highest BCUT2D eigenvalue weighted by Gasteiger charge is 2.26. The van der Waals surface area contributed by atoms with E-state index in [2.05, 4.69) is 26.6 Å². The van der Waals surface area contributed by atoms with Crippen LogP contribution in [0.3, 0.4) is 0 Å². The molecule has 90 valence electrons. The Morgan fingerprint density at radius 2 is 2.35 bits per heavy atom. The number of benzene rings is 1. The number of hydrogen-bond donors (Lipinski definition) is 2. The van der Waals surface area contributed by atoms with Crippen LogP contribution in [0.1, 0.15) is 6.42 Å². The van der Waals surface area contributed by atoms with Crippen molar-refractivity contribution in [2.75, 3.05) is 11.9 Å². The highest BCUT2D eigenvalue weighted by Crippen LogP contribution is 2.15. The van der Waals surface area contributed by atoms with Gasteiger partial charge >= 0.3 is 5.97 Å². The number of esters is 1. The van der Waals surface area contributed by atoms with Crippen molar-refractivity contribution < 1.29 is 9.53 Å². The zero-order valence-corrected chi connectivity index (χ0v) is 11.3. The van der Waals surface area contributed by atoms with Gasteiger partial charge in [0.2, 0.25) is 0 Å². The van der Waals surface area contributed by atoms with E-state index in [0.717, 1.165) is 10.2 Å². The SMILES string of the molecule is O=C1OCC[C@@H]1NC(=S)Nc1cccc(Br)c1. The molecule has 2 rings (SSSR count). The number of ether oxygens (including phenoxy) is 1. The van der Waals surface area contributed by atoms with Gasteiger partial charge in [0.15, 0.2) is 5.11 Å². The van der Waals surface area contributed by atoms with Gasteiger partial charge in [-0.25, -0.2) is 4.79 Å². The standard InChI is InChI=1S/C11H11BrN2O2S/c12-7-2-1-3-8(6-7)13-11(17)14-9-4-5-16-10(9)15/h1-3,6,9H,4-5H2,(H2,13,14,17)/t9-/m0/s1. The molecule has 1 fully saturated rings. The van der Waals surface area contributed by atoms with E-state index in [-0.39, 0.29) is 12.0 Å². The maximum Gasteiger partial charge on any atom is 0.328 e. The number of nitrogens with one attached hydrogen (secondary N) is 2. The summed E-state index contributed by atoms with van der Waals surface area (Å²) in [5.74, 6) is -0.247. The van der Waals surface area contributed by atoms with Gasteiger partial charge in [-0.3, -0.25) is 0 Å². The maximum atomic E-state index is 11.2. The van der Waals surface area contributed by atoms with Crippen LogP contribution in [-0.2, 0) is 9.53 Å².